The zero-order valence-electron chi connectivity index (χ0n) is 16.1. The minimum atomic E-state index is -0.361. The van der Waals surface area contributed by atoms with Gasteiger partial charge in [0, 0.05) is 29.9 Å². The van der Waals surface area contributed by atoms with Crippen LogP contribution in [0.4, 0.5) is 0 Å². The van der Waals surface area contributed by atoms with Gasteiger partial charge in [-0.2, -0.15) is 0 Å². The van der Waals surface area contributed by atoms with Gasteiger partial charge in [0.2, 0.25) is 5.91 Å². The first-order valence-corrected chi connectivity index (χ1v) is 10.1. The lowest BCUT2D eigenvalue weighted by atomic mass is 9.89. The number of piperidine rings is 1. The summed E-state index contributed by atoms with van der Waals surface area (Å²) in [6, 6.07) is 16.9. The van der Waals surface area contributed by atoms with Crippen molar-refractivity contribution in [1.82, 2.24) is 4.90 Å². The van der Waals surface area contributed by atoms with Crippen molar-refractivity contribution in [2.45, 2.75) is 32.1 Å². The molecule has 0 N–H and O–H groups in total. The Bertz CT molecular complexity index is 825. The molecular formula is C23H25ClN2O2. The Balaban J connectivity index is 1.57. The van der Waals surface area contributed by atoms with Gasteiger partial charge in [0.05, 0.1) is 5.92 Å². The van der Waals surface area contributed by atoms with E-state index in [9.17, 15) is 9.59 Å². The van der Waals surface area contributed by atoms with Crippen LogP contribution in [0.1, 0.15) is 48.0 Å². The fourth-order valence-corrected chi connectivity index (χ4v) is 3.69. The van der Waals surface area contributed by atoms with E-state index in [1.165, 1.54) is 11.8 Å². The fraction of sp³-hybridized carbons (Fsp3) is 0.348. The zero-order chi connectivity index (χ0) is 19.9. The van der Waals surface area contributed by atoms with Crippen molar-refractivity contribution in [3.63, 3.8) is 0 Å². The molecule has 0 bridgehead atoms. The Hall–Kier alpha value is -2.46. The first-order valence-electron chi connectivity index (χ1n) is 9.76. The second-order valence-corrected chi connectivity index (χ2v) is 7.55. The predicted molar refractivity (Wildman–Crippen MR) is 113 cm³/mol. The van der Waals surface area contributed by atoms with E-state index in [1.807, 2.05) is 30.0 Å². The summed E-state index contributed by atoms with van der Waals surface area (Å²) in [4.78, 5) is 31.0. The van der Waals surface area contributed by atoms with Gasteiger partial charge in [0.15, 0.2) is 0 Å². The highest BCUT2D eigenvalue weighted by Crippen LogP contribution is 2.29. The highest BCUT2D eigenvalue weighted by molar-refractivity contribution is 6.30. The number of halogens is 1. The Morgan fingerprint density at radius 2 is 1.75 bits per heavy atom. The number of rotatable bonds is 5. The number of hydrogen-bond acceptors (Lipinski definition) is 2. The molecule has 0 radical (unpaired) electrons. The second kappa shape index (κ2) is 9.65. The average Bonchev–Trinajstić information content (AvgIpc) is 2.75. The van der Waals surface area contributed by atoms with E-state index in [4.69, 9.17) is 11.6 Å². The third kappa shape index (κ3) is 5.08. The number of amides is 2. The summed E-state index contributed by atoms with van der Waals surface area (Å²) in [5.41, 5.74) is 1.81. The Kier molecular flexibility index (Phi) is 6.99. The Morgan fingerprint density at radius 3 is 2.36 bits per heavy atom. The van der Waals surface area contributed by atoms with E-state index in [2.05, 4.69) is 17.1 Å². The molecule has 1 heterocycles. The molecule has 1 saturated heterocycles. The standard InChI is InChI=1S/C23H25ClN2O2/c1-2-17(16-25-22(27)20-6-4-3-5-7-20)23(28)26-14-12-19(13-15-26)18-8-10-21(24)11-9-18/h3-11,16-17,19H,2,12-15H2,1H3. The van der Waals surface area contributed by atoms with E-state index < -0.39 is 0 Å². The number of benzene rings is 2. The maximum absolute atomic E-state index is 12.9. The molecule has 0 aliphatic carbocycles. The number of nitrogens with zero attached hydrogens (tertiary/aromatic N) is 2. The van der Waals surface area contributed by atoms with Crippen molar-refractivity contribution in [3.8, 4) is 0 Å². The van der Waals surface area contributed by atoms with Crippen LogP contribution in [-0.4, -0.2) is 36.0 Å². The summed E-state index contributed by atoms with van der Waals surface area (Å²) in [7, 11) is 0. The van der Waals surface area contributed by atoms with E-state index in [0.717, 1.165) is 31.0 Å². The minimum Gasteiger partial charge on any atom is -0.342 e. The van der Waals surface area contributed by atoms with Gasteiger partial charge in [-0.3, -0.25) is 9.59 Å². The smallest absolute Gasteiger partial charge is 0.276 e. The predicted octanol–water partition coefficient (Wildman–Crippen LogP) is 4.98. The number of carbonyl (C=O) groups is 2. The van der Waals surface area contributed by atoms with Gasteiger partial charge in [-0.05, 0) is 55.0 Å². The lowest BCUT2D eigenvalue weighted by Crippen LogP contribution is -2.41. The highest BCUT2D eigenvalue weighted by Gasteiger charge is 2.27. The molecular weight excluding hydrogens is 372 g/mol. The Morgan fingerprint density at radius 1 is 1.11 bits per heavy atom. The van der Waals surface area contributed by atoms with E-state index in [1.54, 1.807) is 24.3 Å². The topological polar surface area (TPSA) is 49.7 Å². The van der Waals surface area contributed by atoms with Gasteiger partial charge < -0.3 is 4.90 Å². The van der Waals surface area contributed by atoms with Crippen molar-refractivity contribution in [2.75, 3.05) is 13.1 Å². The molecule has 1 fully saturated rings. The number of aliphatic imine (C=N–C) groups is 1. The fourth-order valence-electron chi connectivity index (χ4n) is 3.56. The van der Waals surface area contributed by atoms with Crippen LogP contribution in [0.15, 0.2) is 59.6 Å². The van der Waals surface area contributed by atoms with Crippen molar-refractivity contribution in [3.05, 3.63) is 70.7 Å². The van der Waals surface area contributed by atoms with Crippen molar-refractivity contribution in [1.29, 1.82) is 0 Å². The first-order chi connectivity index (χ1) is 13.6. The summed E-state index contributed by atoms with van der Waals surface area (Å²) in [6.07, 6.45) is 4.01. The Labute approximate surface area is 171 Å². The van der Waals surface area contributed by atoms with Crippen LogP contribution in [0.2, 0.25) is 5.02 Å². The number of likely N-dealkylation sites (tertiary alicyclic amines) is 1. The summed E-state index contributed by atoms with van der Waals surface area (Å²) in [6.45, 7) is 3.40. The molecule has 2 aromatic rings. The summed E-state index contributed by atoms with van der Waals surface area (Å²) in [5, 5.41) is 0.742. The maximum Gasteiger partial charge on any atom is 0.276 e. The van der Waals surface area contributed by atoms with Crippen LogP contribution in [0.3, 0.4) is 0 Å². The van der Waals surface area contributed by atoms with Crippen molar-refractivity contribution < 1.29 is 9.59 Å². The van der Waals surface area contributed by atoms with Crippen LogP contribution in [0.5, 0.6) is 0 Å². The summed E-state index contributed by atoms with van der Waals surface area (Å²) in [5.74, 6) is -0.163. The molecule has 2 amide bonds. The van der Waals surface area contributed by atoms with Gasteiger partial charge in [-0.25, -0.2) is 4.99 Å². The minimum absolute atomic E-state index is 0.0571. The van der Waals surface area contributed by atoms with Crippen LogP contribution in [0.25, 0.3) is 0 Å². The molecule has 1 atom stereocenters. The molecule has 5 heteroatoms. The molecule has 1 aliphatic heterocycles. The molecule has 0 saturated carbocycles. The molecule has 28 heavy (non-hydrogen) atoms. The third-order valence-electron chi connectivity index (χ3n) is 5.30. The molecule has 146 valence electrons. The highest BCUT2D eigenvalue weighted by atomic mass is 35.5. The molecule has 0 aromatic heterocycles. The van der Waals surface area contributed by atoms with Gasteiger partial charge in [-0.1, -0.05) is 48.9 Å². The van der Waals surface area contributed by atoms with Gasteiger partial charge in [-0.15, -0.1) is 0 Å². The quantitative estimate of drug-likeness (QED) is 0.669. The SMILES string of the molecule is CCC(C=NC(=O)c1ccccc1)C(=O)N1CCC(c2ccc(Cl)cc2)CC1. The van der Waals surface area contributed by atoms with E-state index in [0.29, 0.717) is 17.9 Å². The van der Waals surface area contributed by atoms with Crippen LogP contribution in [0, 0.1) is 5.92 Å². The van der Waals surface area contributed by atoms with Crippen molar-refractivity contribution in [2.24, 2.45) is 10.9 Å². The van der Waals surface area contributed by atoms with Crippen LogP contribution >= 0.6 is 11.6 Å². The lowest BCUT2D eigenvalue weighted by molar-refractivity contribution is -0.134. The monoisotopic (exact) mass is 396 g/mol. The number of hydrogen-bond donors (Lipinski definition) is 0. The van der Waals surface area contributed by atoms with Crippen LogP contribution < -0.4 is 0 Å². The molecule has 0 spiro atoms. The summed E-state index contributed by atoms with van der Waals surface area (Å²) >= 11 is 5.97. The maximum atomic E-state index is 12.9. The third-order valence-corrected chi connectivity index (χ3v) is 5.55. The van der Waals surface area contributed by atoms with E-state index in [-0.39, 0.29) is 17.7 Å². The number of carbonyl (C=O) groups excluding carboxylic acids is 2. The molecule has 1 unspecified atom stereocenters. The van der Waals surface area contributed by atoms with Crippen LogP contribution in [-0.2, 0) is 4.79 Å². The summed E-state index contributed by atoms with van der Waals surface area (Å²) < 4.78 is 0. The van der Waals surface area contributed by atoms with Gasteiger partial charge in [0.25, 0.3) is 5.91 Å². The second-order valence-electron chi connectivity index (χ2n) is 7.12. The first kappa shape index (κ1) is 20.3. The normalized spacial score (nSPS) is 16.3. The lowest BCUT2D eigenvalue weighted by Gasteiger charge is -2.33. The molecule has 2 aromatic carbocycles. The molecule has 4 nitrogen and oxygen atoms in total. The van der Waals surface area contributed by atoms with E-state index >= 15 is 0 Å². The largest absolute Gasteiger partial charge is 0.342 e. The molecule has 1 aliphatic rings. The zero-order valence-corrected chi connectivity index (χ0v) is 16.8. The van der Waals surface area contributed by atoms with Gasteiger partial charge in [0.1, 0.15) is 0 Å². The van der Waals surface area contributed by atoms with Crippen molar-refractivity contribution >= 4 is 29.6 Å². The molecule has 3 rings (SSSR count). The average molecular weight is 397 g/mol. The van der Waals surface area contributed by atoms with Gasteiger partial charge >= 0.3 is 0 Å².